The van der Waals surface area contributed by atoms with E-state index in [0.29, 0.717) is 5.57 Å². The summed E-state index contributed by atoms with van der Waals surface area (Å²) in [5.74, 6) is 1.99. The van der Waals surface area contributed by atoms with Gasteiger partial charge in [-0.2, -0.15) is 0 Å². The van der Waals surface area contributed by atoms with E-state index >= 15 is 0 Å². The standard InChI is InChI=1S/C23H32O2/c1-3-22(23(24)25)21-14-12-20(13-15-21)19-10-8-18(9-11-19)17-6-4-16(2)5-7-17/h3-7,18-21H,8-15H2,1-2H3,(H,24,25)/t18-,19-,20-,21-. The van der Waals surface area contributed by atoms with Crippen LogP contribution in [0.3, 0.4) is 0 Å². The van der Waals surface area contributed by atoms with E-state index in [1.807, 2.05) is 6.92 Å². The third kappa shape index (κ3) is 4.34. The molecule has 2 fully saturated rings. The summed E-state index contributed by atoms with van der Waals surface area (Å²) in [6, 6.07) is 9.11. The summed E-state index contributed by atoms with van der Waals surface area (Å²) in [6.45, 7) is 4.02. The number of hydrogen-bond donors (Lipinski definition) is 1. The number of carboxylic acid groups (broad SMARTS) is 1. The molecule has 0 aromatic heterocycles. The highest BCUT2D eigenvalue weighted by Gasteiger charge is 2.33. The molecule has 3 rings (SSSR count). The fourth-order valence-electron chi connectivity index (χ4n) is 5.20. The zero-order chi connectivity index (χ0) is 17.8. The predicted octanol–water partition coefficient (Wildman–Crippen LogP) is 6.11. The second-order valence-corrected chi connectivity index (χ2v) is 8.18. The number of allylic oxidation sites excluding steroid dienone is 1. The molecule has 1 aromatic rings. The summed E-state index contributed by atoms with van der Waals surface area (Å²) in [4.78, 5) is 11.3. The Labute approximate surface area is 152 Å². The highest BCUT2D eigenvalue weighted by Crippen LogP contribution is 2.44. The van der Waals surface area contributed by atoms with E-state index in [2.05, 4.69) is 31.2 Å². The Morgan fingerprint density at radius 2 is 1.44 bits per heavy atom. The van der Waals surface area contributed by atoms with E-state index in [4.69, 9.17) is 0 Å². The largest absolute Gasteiger partial charge is 0.478 e. The van der Waals surface area contributed by atoms with Crippen molar-refractivity contribution in [2.45, 2.75) is 71.1 Å². The van der Waals surface area contributed by atoms with Gasteiger partial charge in [-0.05, 0) is 94.4 Å². The molecule has 2 saturated carbocycles. The molecule has 2 aliphatic rings. The molecule has 0 radical (unpaired) electrons. The highest BCUT2D eigenvalue weighted by atomic mass is 16.4. The lowest BCUT2D eigenvalue weighted by Gasteiger charge is -2.38. The van der Waals surface area contributed by atoms with E-state index in [0.717, 1.165) is 30.6 Å². The van der Waals surface area contributed by atoms with Crippen LogP contribution >= 0.6 is 0 Å². The Morgan fingerprint density at radius 1 is 0.920 bits per heavy atom. The van der Waals surface area contributed by atoms with Gasteiger partial charge < -0.3 is 5.11 Å². The molecular weight excluding hydrogens is 308 g/mol. The fraction of sp³-hybridized carbons (Fsp3) is 0.609. The van der Waals surface area contributed by atoms with E-state index in [-0.39, 0.29) is 5.92 Å². The average Bonchev–Trinajstić information content (AvgIpc) is 2.63. The van der Waals surface area contributed by atoms with E-state index in [1.54, 1.807) is 6.08 Å². The van der Waals surface area contributed by atoms with Crippen LogP contribution in [-0.4, -0.2) is 11.1 Å². The number of aryl methyl sites for hydroxylation is 1. The molecule has 0 aliphatic heterocycles. The Hall–Kier alpha value is -1.57. The lowest BCUT2D eigenvalue weighted by molar-refractivity contribution is -0.133. The van der Waals surface area contributed by atoms with Crippen LogP contribution in [-0.2, 0) is 4.79 Å². The summed E-state index contributed by atoms with van der Waals surface area (Å²) in [7, 11) is 0. The van der Waals surface area contributed by atoms with Gasteiger partial charge in [0.2, 0.25) is 0 Å². The van der Waals surface area contributed by atoms with E-state index in [1.165, 1.54) is 49.7 Å². The molecule has 0 unspecified atom stereocenters. The molecule has 1 N–H and O–H groups in total. The van der Waals surface area contributed by atoms with Gasteiger partial charge in [0.05, 0.1) is 0 Å². The van der Waals surface area contributed by atoms with Crippen molar-refractivity contribution in [1.82, 2.24) is 0 Å². The Kier molecular flexibility index (Phi) is 5.98. The lowest BCUT2D eigenvalue weighted by atomic mass is 9.67. The number of benzene rings is 1. The number of aliphatic carboxylic acids is 1. The van der Waals surface area contributed by atoms with Crippen molar-refractivity contribution in [3.8, 4) is 0 Å². The third-order valence-corrected chi connectivity index (χ3v) is 6.76. The first-order valence-electron chi connectivity index (χ1n) is 10.0. The minimum absolute atomic E-state index is 0.280. The Balaban J connectivity index is 1.49. The first-order chi connectivity index (χ1) is 12.1. The smallest absolute Gasteiger partial charge is 0.331 e. The van der Waals surface area contributed by atoms with Gasteiger partial charge >= 0.3 is 5.97 Å². The van der Waals surface area contributed by atoms with Crippen LogP contribution in [0.1, 0.15) is 75.3 Å². The number of hydrogen-bond acceptors (Lipinski definition) is 1. The van der Waals surface area contributed by atoms with Crippen LogP contribution in [0, 0.1) is 24.7 Å². The summed E-state index contributed by atoms with van der Waals surface area (Å²) >= 11 is 0. The fourth-order valence-corrected chi connectivity index (χ4v) is 5.20. The van der Waals surface area contributed by atoms with Crippen molar-refractivity contribution >= 4 is 5.97 Å². The quantitative estimate of drug-likeness (QED) is 0.672. The molecule has 0 heterocycles. The summed E-state index contributed by atoms with van der Waals surface area (Å²) in [6.07, 6.45) is 11.7. The Morgan fingerprint density at radius 3 is 1.92 bits per heavy atom. The van der Waals surface area contributed by atoms with Crippen LogP contribution in [0.25, 0.3) is 0 Å². The van der Waals surface area contributed by atoms with Crippen molar-refractivity contribution in [2.75, 3.05) is 0 Å². The number of carboxylic acids is 1. The molecule has 0 amide bonds. The average molecular weight is 341 g/mol. The zero-order valence-electron chi connectivity index (χ0n) is 15.7. The van der Waals surface area contributed by atoms with Crippen molar-refractivity contribution < 1.29 is 9.90 Å². The first-order valence-corrected chi connectivity index (χ1v) is 10.0. The summed E-state index contributed by atoms with van der Waals surface area (Å²) in [5.41, 5.74) is 3.50. The van der Waals surface area contributed by atoms with Crippen molar-refractivity contribution in [1.29, 1.82) is 0 Å². The molecule has 2 aliphatic carbocycles. The monoisotopic (exact) mass is 340 g/mol. The molecular formula is C23H32O2. The highest BCUT2D eigenvalue weighted by molar-refractivity contribution is 5.87. The second kappa shape index (κ2) is 8.21. The van der Waals surface area contributed by atoms with Gasteiger partial charge in [0.25, 0.3) is 0 Å². The maximum Gasteiger partial charge on any atom is 0.331 e. The minimum atomic E-state index is -0.718. The second-order valence-electron chi connectivity index (χ2n) is 8.18. The number of rotatable bonds is 4. The van der Waals surface area contributed by atoms with Crippen LogP contribution < -0.4 is 0 Å². The molecule has 0 bridgehead atoms. The van der Waals surface area contributed by atoms with Crippen LogP contribution in [0.5, 0.6) is 0 Å². The molecule has 0 atom stereocenters. The van der Waals surface area contributed by atoms with E-state index in [9.17, 15) is 9.90 Å². The SMILES string of the molecule is CC=C(C(=O)O)[C@H]1CC[C@H]([C@H]2CC[C@H](c3ccc(C)cc3)CC2)CC1. The maximum atomic E-state index is 11.3. The minimum Gasteiger partial charge on any atom is -0.478 e. The first kappa shape index (κ1) is 18.2. The lowest BCUT2D eigenvalue weighted by Crippen LogP contribution is -2.27. The van der Waals surface area contributed by atoms with Gasteiger partial charge in [-0.25, -0.2) is 4.79 Å². The summed E-state index contributed by atoms with van der Waals surface area (Å²) < 4.78 is 0. The van der Waals surface area contributed by atoms with Crippen molar-refractivity contribution in [3.63, 3.8) is 0 Å². The molecule has 25 heavy (non-hydrogen) atoms. The van der Waals surface area contributed by atoms with Crippen molar-refractivity contribution in [3.05, 3.63) is 47.0 Å². The van der Waals surface area contributed by atoms with Gasteiger partial charge in [-0.15, -0.1) is 0 Å². The molecule has 2 heteroatoms. The van der Waals surface area contributed by atoms with Gasteiger partial charge in [-0.1, -0.05) is 35.9 Å². The third-order valence-electron chi connectivity index (χ3n) is 6.76. The Bertz CT molecular complexity index is 597. The summed E-state index contributed by atoms with van der Waals surface area (Å²) in [5, 5.41) is 9.33. The topological polar surface area (TPSA) is 37.3 Å². The molecule has 136 valence electrons. The van der Waals surface area contributed by atoms with Gasteiger partial charge in [0.1, 0.15) is 0 Å². The molecule has 2 nitrogen and oxygen atoms in total. The van der Waals surface area contributed by atoms with E-state index < -0.39 is 5.97 Å². The van der Waals surface area contributed by atoms with Gasteiger partial charge in [0.15, 0.2) is 0 Å². The van der Waals surface area contributed by atoms with Crippen molar-refractivity contribution in [2.24, 2.45) is 17.8 Å². The van der Waals surface area contributed by atoms with Gasteiger partial charge in [0, 0.05) is 5.57 Å². The van der Waals surface area contributed by atoms with Crippen LogP contribution in [0.4, 0.5) is 0 Å². The number of carbonyl (C=O) groups is 1. The zero-order valence-corrected chi connectivity index (χ0v) is 15.7. The predicted molar refractivity (Wildman–Crippen MR) is 103 cm³/mol. The molecule has 0 spiro atoms. The molecule has 0 saturated heterocycles. The van der Waals surface area contributed by atoms with Gasteiger partial charge in [-0.3, -0.25) is 0 Å². The normalized spacial score (nSPS) is 30.9. The van der Waals surface area contributed by atoms with Crippen LogP contribution in [0.15, 0.2) is 35.9 Å². The maximum absolute atomic E-state index is 11.3. The molecule has 1 aromatic carbocycles. The van der Waals surface area contributed by atoms with Crippen LogP contribution in [0.2, 0.25) is 0 Å².